The second kappa shape index (κ2) is 8.48. The Morgan fingerprint density at radius 3 is 2.64 bits per heavy atom. The van der Waals surface area contributed by atoms with Crippen LogP contribution in [0, 0.1) is 12.3 Å². The normalized spacial score (nSPS) is 21.8. The molecule has 0 saturated heterocycles. The molecule has 1 aromatic carbocycles. The van der Waals surface area contributed by atoms with Crippen molar-refractivity contribution >= 4 is 45.3 Å². The van der Waals surface area contributed by atoms with E-state index in [1.54, 1.807) is 0 Å². The number of hydrogen-bond donors (Lipinski definition) is 2. The number of amides is 1. The highest BCUT2D eigenvalue weighted by molar-refractivity contribution is 6.29. The monoisotopic (exact) mass is 534 g/mol. The Morgan fingerprint density at radius 1 is 1.05 bits per heavy atom. The molecular weight excluding hydrogens is 512 g/mol. The van der Waals surface area contributed by atoms with Crippen LogP contribution in [-0.4, -0.2) is 40.9 Å². The summed E-state index contributed by atoms with van der Waals surface area (Å²) >= 11 is 5.85. The van der Waals surface area contributed by atoms with Crippen LogP contribution < -0.4 is 11.1 Å². The van der Waals surface area contributed by atoms with E-state index in [2.05, 4.69) is 41.8 Å². The molecule has 4 heterocycles. The van der Waals surface area contributed by atoms with Crippen LogP contribution in [0.2, 0.25) is 5.15 Å². The Kier molecular flexibility index (Phi) is 5.12. The molecule has 4 aromatic heterocycles. The maximum absolute atomic E-state index is 13.1. The van der Waals surface area contributed by atoms with E-state index in [4.69, 9.17) is 28.7 Å². The predicted molar refractivity (Wildman–Crippen MR) is 149 cm³/mol. The first-order valence-corrected chi connectivity index (χ1v) is 13.1. The van der Waals surface area contributed by atoms with Crippen LogP contribution >= 0.6 is 11.6 Å². The van der Waals surface area contributed by atoms with Crippen LogP contribution in [0.1, 0.15) is 48.3 Å². The molecular formula is C29H23ClN8O. The van der Waals surface area contributed by atoms with E-state index in [9.17, 15) is 4.79 Å². The first-order valence-electron chi connectivity index (χ1n) is 12.7. The average Bonchev–Trinajstić information content (AvgIpc) is 3.61. The topological polar surface area (TPSA) is 124 Å². The number of hydrogen-bond acceptors (Lipinski definition) is 7. The van der Waals surface area contributed by atoms with E-state index in [0.717, 1.165) is 53.1 Å². The van der Waals surface area contributed by atoms with E-state index >= 15 is 0 Å². The number of nitrogens with two attached hydrogens (primary N) is 1. The van der Waals surface area contributed by atoms with Crippen LogP contribution in [0.4, 0.5) is 5.82 Å². The molecule has 2 aliphatic carbocycles. The van der Waals surface area contributed by atoms with Gasteiger partial charge in [0.1, 0.15) is 34.3 Å². The van der Waals surface area contributed by atoms with Gasteiger partial charge in [-0.3, -0.25) is 9.78 Å². The van der Waals surface area contributed by atoms with Crippen molar-refractivity contribution in [3.8, 4) is 23.5 Å². The third-order valence-electron chi connectivity index (χ3n) is 8.31. The summed E-state index contributed by atoms with van der Waals surface area (Å²) in [5.74, 6) is 3.06. The lowest BCUT2D eigenvalue weighted by Gasteiger charge is -2.30. The zero-order chi connectivity index (χ0) is 26.8. The minimum absolute atomic E-state index is 0.237. The lowest BCUT2D eigenvalue weighted by molar-refractivity contribution is 0.0895. The summed E-state index contributed by atoms with van der Waals surface area (Å²) in [4.78, 5) is 34.9. The van der Waals surface area contributed by atoms with Gasteiger partial charge in [0.15, 0.2) is 0 Å². The van der Waals surface area contributed by atoms with E-state index in [-0.39, 0.29) is 27.8 Å². The van der Waals surface area contributed by atoms with E-state index in [1.807, 2.05) is 30.5 Å². The quantitative estimate of drug-likeness (QED) is 0.325. The molecule has 2 saturated carbocycles. The van der Waals surface area contributed by atoms with E-state index in [1.165, 1.54) is 18.7 Å². The van der Waals surface area contributed by atoms with Gasteiger partial charge in [0.2, 0.25) is 0 Å². The average molecular weight is 535 g/mol. The number of para-hydroxylation sites is 1. The van der Waals surface area contributed by atoms with Crippen LogP contribution in [-0.2, 0) is 5.54 Å². The minimum Gasteiger partial charge on any atom is -0.383 e. The molecule has 1 amide bonds. The van der Waals surface area contributed by atoms with Crippen LogP contribution in [0.15, 0.2) is 55.2 Å². The number of halogens is 1. The second-order valence-electron chi connectivity index (χ2n) is 10.4. The summed E-state index contributed by atoms with van der Waals surface area (Å²) in [6.45, 7) is 0. The molecule has 0 aliphatic heterocycles. The molecule has 2 aliphatic rings. The number of pyridine rings is 1. The van der Waals surface area contributed by atoms with Gasteiger partial charge in [-0.05, 0) is 44.2 Å². The fourth-order valence-corrected chi connectivity index (χ4v) is 6.70. The maximum Gasteiger partial charge on any atom is 0.271 e. The molecule has 0 radical (unpaired) electrons. The molecule has 0 spiro atoms. The highest BCUT2D eigenvalue weighted by atomic mass is 35.5. The fourth-order valence-electron chi connectivity index (χ4n) is 6.61. The van der Waals surface area contributed by atoms with Gasteiger partial charge in [0.05, 0.1) is 23.3 Å². The Labute approximate surface area is 228 Å². The number of nitrogens with one attached hydrogen (secondary N) is 1. The van der Waals surface area contributed by atoms with Crippen LogP contribution in [0.5, 0.6) is 0 Å². The van der Waals surface area contributed by atoms with Crippen molar-refractivity contribution in [1.29, 1.82) is 0 Å². The third kappa shape index (κ3) is 3.56. The number of rotatable bonds is 4. The van der Waals surface area contributed by atoms with Gasteiger partial charge in [-0.15, -0.1) is 6.42 Å². The molecule has 10 heteroatoms. The summed E-state index contributed by atoms with van der Waals surface area (Å²) in [7, 11) is 0. The van der Waals surface area contributed by atoms with E-state index < -0.39 is 0 Å². The molecule has 7 rings (SSSR count). The van der Waals surface area contributed by atoms with Gasteiger partial charge in [-0.25, -0.2) is 19.9 Å². The summed E-state index contributed by atoms with van der Waals surface area (Å²) in [5, 5.41) is 5.22. The van der Waals surface area contributed by atoms with Crippen molar-refractivity contribution in [2.75, 3.05) is 5.73 Å². The van der Waals surface area contributed by atoms with Crippen molar-refractivity contribution in [2.45, 2.75) is 43.2 Å². The third-order valence-corrected chi connectivity index (χ3v) is 8.50. The largest absolute Gasteiger partial charge is 0.383 e. The summed E-state index contributed by atoms with van der Waals surface area (Å²) in [5.41, 5.74) is 9.95. The number of terminal acetylenes is 1. The van der Waals surface area contributed by atoms with Crippen molar-refractivity contribution < 1.29 is 4.79 Å². The fraction of sp³-hybridized carbons (Fsp3) is 0.241. The SMILES string of the molecule is C#Cc1c(-c2cnc3ccccc3c2)c2c(N)ncnc2n1C12CCC(NC(=O)c3cnc(Cl)cn3)(CC1)C2. The molecule has 5 aromatic rings. The lowest BCUT2D eigenvalue weighted by Crippen LogP contribution is -2.45. The van der Waals surface area contributed by atoms with Gasteiger partial charge in [-0.2, -0.15) is 0 Å². The Bertz CT molecular complexity index is 1830. The molecule has 0 atom stereocenters. The van der Waals surface area contributed by atoms with Crippen LogP contribution in [0.3, 0.4) is 0 Å². The standard InChI is InChI=1S/C29H23ClN8O/c1-2-21-23(18-11-17-5-3-4-6-19(17)32-12-18)24-25(31)35-16-36-26(24)38(21)29-9-7-28(15-29,8-10-29)37-27(39)20-13-34-22(30)14-33-20/h1,3-6,11-14,16H,7-10,15H2,(H,37,39)(H2,31,35,36). The zero-order valence-corrected chi connectivity index (χ0v) is 21.6. The number of carbonyl (C=O) groups excluding carboxylic acids is 1. The smallest absolute Gasteiger partial charge is 0.271 e. The number of carbonyl (C=O) groups is 1. The van der Waals surface area contributed by atoms with Gasteiger partial charge in [0.25, 0.3) is 5.91 Å². The predicted octanol–water partition coefficient (Wildman–Crippen LogP) is 4.50. The van der Waals surface area contributed by atoms with E-state index in [0.29, 0.717) is 23.6 Å². The number of anilines is 1. The second-order valence-corrected chi connectivity index (χ2v) is 10.8. The number of benzene rings is 1. The lowest BCUT2D eigenvalue weighted by atomic mass is 9.90. The van der Waals surface area contributed by atoms with Gasteiger partial charge in [-0.1, -0.05) is 35.7 Å². The summed E-state index contributed by atoms with van der Waals surface area (Å²) in [6, 6.07) is 10.0. The Hall–Kier alpha value is -4.55. The molecule has 9 nitrogen and oxygen atoms in total. The highest BCUT2D eigenvalue weighted by Gasteiger charge is 2.57. The first-order chi connectivity index (χ1) is 18.9. The van der Waals surface area contributed by atoms with Crippen molar-refractivity contribution in [2.24, 2.45) is 0 Å². The maximum atomic E-state index is 13.1. The van der Waals surface area contributed by atoms with Gasteiger partial charge in [0, 0.05) is 33.8 Å². The van der Waals surface area contributed by atoms with Gasteiger partial charge < -0.3 is 15.6 Å². The molecule has 2 bridgehead atoms. The molecule has 39 heavy (non-hydrogen) atoms. The van der Waals surface area contributed by atoms with Gasteiger partial charge >= 0.3 is 0 Å². The number of nitrogen functional groups attached to an aromatic ring is 1. The van der Waals surface area contributed by atoms with Crippen molar-refractivity contribution in [3.63, 3.8) is 0 Å². The Balaban J connectivity index is 1.34. The number of nitrogens with zero attached hydrogens (tertiary/aromatic N) is 6. The molecule has 0 unspecified atom stereocenters. The summed E-state index contributed by atoms with van der Waals surface area (Å²) in [6.07, 6.45) is 16.3. The molecule has 192 valence electrons. The first kappa shape index (κ1) is 23.6. The molecule has 3 N–H and O–H groups in total. The zero-order valence-electron chi connectivity index (χ0n) is 20.9. The summed E-state index contributed by atoms with van der Waals surface area (Å²) < 4.78 is 2.17. The van der Waals surface area contributed by atoms with Crippen molar-refractivity contribution in [3.05, 3.63) is 71.8 Å². The molecule has 2 fully saturated rings. The van der Waals surface area contributed by atoms with Crippen molar-refractivity contribution in [1.82, 2.24) is 34.8 Å². The number of fused-ring (bicyclic) bond motifs is 4. The van der Waals surface area contributed by atoms with Crippen LogP contribution in [0.25, 0.3) is 33.1 Å². The number of aromatic nitrogens is 6. The minimum atomic E-state index is -0.385. The Morgan fingerprint density at radius 2 is 1.87 bits per heavy atom. The highest BCUT2D eigenvalue weighted by Crippen LogP contribution is 2.57.